The van der Waals surface area contributed by atoms with Crippen molar-refractivity contribution in [2.45, 2.75) is 237 Å². The average molecular weight is 871 g/mol. The Morgan fingerprint density at radius 1 is 0.677 bits per heavy atom. The first-order valence-electron chi connectivity index (χ1n) is 24.6. The zero-order chi connectivity index (χ0) is 48.3. The number of nitrogens with zero attached hydrogens (tertiary/aromatic N) is 2. The lowest BCUT2D eigenvalue weighted by molar-refractivity contribution is -0.258. The summed E-state index contributed by atoms with van der Waals surface area (Å²) < 4.78 is 7.23. The molecule has 2 aliphatic heterocycles. The summed E-state index contributed by atoms with van der Waals surface area (Å²) in [7, 11) is 4.35. The lowest BCUT2D eigenvalue weighted by Gasteiger charge is -2.70. The van der Waals surface area contributed by atoms with E-state index in [-0.39, 0.29) is 17.6 Å². The minimum Gasteiger partial charge on any atom is -0.508 e. The number of carboxylic acid groups (broad SMARTS) is 2. The molecule has 62 heavy (non-hydrogen) atoms. The van der Waals surface area contributed by atoms with Gasteiger partial charge in [0.1, 0.15) is 5.76 Å². The standard InChI is InChI=1S/C54H98N2O6/c1-23-25-26-27-28-29-30-62-42(47(9,10)24-2)54(43(58)59,44(60)61)53(36-32-48(11,12)55(21)49(13,14)33-36,37-34-50(15,16)56(22)51(17,18)35-37)39-31-38(45(3,4)5)40(57)41(46(6,7)8)52(39,19)20/h31,36-37,39,42,57H,23-30,32-35H2,1-22H3,(H,58,59)(H,60,61). The number of aliphatic hydroxyl groups excluding tert-OH is 1. The molecule has 0 saturated carbocycles. The molecule has 3 N–H and O–H groups in total. The smallest absolute Gasteiger partial charge is 0.324 e. The third-order valence-electron chi connectivity index (χ3n) is 17.4. The molecule has 2 saturated heterocycles. The highest BCUT2D eigenvalue weighted by atomic mass is 16.5. The van der Waals surface area contributed by atoms with Crippen molar-refractivity contribution in [3.8, 4) is 0 Å². The number of hydrogen-bond donors (Lipinski definition) is 3. The topological polar surface area (TPSA) is 111 Å². The predicted molar refractivity (Wildman–Crippen MR) is 259 cm³/mol. The highest BCUT2D eigenvalue weighted by Crippen LogP contribution is 2.73. The molecular weight excluding hydrogens is 773 g/mol. The maximum absolute atomic E-state index is 15.7. The predicted octanol–water partition coefficient (Wildman–Crippen LogP) is 13.6. The van der Waals surface area contributed by atoms with E-state index in [1.54, 1.807) is 0 Å². The van der Waals surface area contributed by atoms with E-state index >= 15 is 9.59 Å². The number of aliphatic carboxylic acids is 2. The van der Waals surface area contributed by atoms with Crippen molar-refractivity contribution in [3.63, 3.8) is 0 Å². The highest BCUT2D eigenvalue weighted by Gasteiger charge is 2.79. The number of rotatable bonds is 17. The van der Waals surface area contributed by atoms with Gasteiger partial charge in [-0.1, -0.05) is 121 Å². The number of hydrogen-bond acceptors (Lipinski definition) is 6. The van der Waals surface area contributed by atoms with Gasteiger partial charge in [0, 0.05) is 34.2 Å². The van der Waals surface area contributed by atoms with Crippen LogP contribution in [0.4, 0.5) is 0 Å². The molecule has 0 bridgehead atoms. The number of carboxylic acids is 2. The summed E-state index contributed by atoms with van der Waals surface area (Å²) in [5.41, 5.74) is -6.71. The van der Waals surface area contributed by atoms with Crippen LogP contribution < -0.4 is 0 Å². The number of allylic oxidation sites excluding steroid dienone is 3. The molecule has 0 amide bonds. The lowest BCUT2D eigenvalue weighted by Crippen LogP contribution is -2.76. The zero-order valence-corrected chi connectivity index (χ0v) is 44.3. The Kier molecular flexibility index (Phi) is 15.9. The van der Waals surface area contributed by atoms with Crippen LogP contribution in [0.25, 0.3) is 0 Å². The second-order valence-corrected chi connectivity index (χ2v) is 26.3. The normalized spacial score (nSPS) is 24.8. The average Bonchev–Trinajstić information content (AvgIpc) is 3.08. The number of ether oxygens (including phenoxy) is 1. The molecule has 2 heterocycles. The van der Waals surface area contributed by atoms with E-state index in [0.29, 0.717) is 38.7 Å². The Bertz CT molecular complexity index is 1570. The van der Waals surface area contributed by atoms with Gasteiger partial charge in [0.2, 0.25) is 0 Å². The number of aliphatic hydroxyl groups is 1. The van der Waals surface area contributed by atoms with Gasteiger partial charge >= 0.3 is 11.9 Å². The van der Waals surface area contributed by atoms with Crippen molar-refractivity contribution in [2.24, 2.45) is 50.2 Å². The molecule has 2 unspecified atom stereocenters. The molecule has 8 heteroatoms. The van der Waals surface area contributed by atoms with E-state index in [4.69, 9.17) is 4.74 Å². The number of piperidine rings is 2. The molecule has 360 valence electrons. The molecule has 0 radical (unpaired) electrons. The van der Waals surface area contributed by atoms with Gasteiger partial charge in [0.25, 0.3) is 0 Å². The first kappa shape index (κ1) is 54.4. The SMILES string of the molecule is CCCCCCCCOC(C(C)(C)CC)C(C(=O)O)(C(=O)O)C(C1CC(C)(C)N(C)C(C)(C)C1)(C1CC(C)(C)N(C)C(C)(C)C1)C1C=C(C(C)(C)C)C(O)=C(C(C)(C)C)C1(C)C. The summed E-state index contributed by atoms with van der Waals surface area (Å²) in [6.45, 7) is 43.8. The van der Waals surface area contributed by atoms with Gasteiger partial charge in [-0.2, -0.15) is 0 Å². The van der Waals surface area contributed by atoms with Crippen molar-refractivity contribution in [1.29, 1.82) is 0 Å². The van der Waals surface area contributed by atoms with Crippen LogP contribution >= 0.6 is 0 Å². The Balaban J connectivity index is 2.88. The summed E-state index contributed by atoms with van der Waals surface area (Å²) in [4.78, 5) is 36.3. The molecule has 0 spiro atoms. The van der Waals surface area contributed by atoms with Crippen LogP contribution in [0.15, 0.2) is 23.0 Å². The van der Waals surface area contributed by atoms with E-state index in [0.717, 1.165) is 43.3 Å². The lowest BCUT2D eigenvalue weighted by atomic mass is 9.35. The first-order valence-corrected chi connectivity index (χ1v) is 24.6. The number of carbonyl (C=O) groups is 2. The molecule has 0 aromatic carbocycles. The van der Waals surface area contributed by atoms with Crippen LogP contribution in [0.5, 0.6) is 0 Å². The van der Waals surface area contributed by atoms with Gasteiger partial charge in [-0.05, 0) is 159 Å². The summed E-state index contributed by atoms with van der Waals surface area (Å²) >= 11 is 0. The third kappa shape index (κ3) is 9.51. The summed E-state index contributed by atoms with van der Waals surface area (Å²) in [5, 5.41) is 38.3. The molecule has 1 aliphatic carbocycles. The monoisotopic (exact) mass is 871 g/mol. The summed E-state index contributed by atoms with van der Waals surface area (Å²) in [6, 6.07) is 0. The van der Waals surface area contributed by atoms with Gasteiger partial charge in [-0.25, -0.2) is 0 Å². The first-order chi connectivity index (χ1) is 27.8. The fourth-order valence-corrected chi connectivity index (χ4v) is 14.0. The van der Waals surface area contributed by atoms with Crippen molar-refractivity contribution in [3.05, 3.63) is 23.0 Å². The molecule has 0 aromatic rings. The quantitative estimate of drug-likeness (QED) is 0.0979. The van der Waals surface area contributed by atoms with Crippen molar-refractivity contribution in [2.75, 3.05) is 20.7 Å². The maximum Gasteiger partial charge on any atom is 0.324 e. The summed E-state index contributed by atoms with van der Waals surface area (Å²) in [5.74, 6) is -3.75. The highest BCUT2D eigenvalue weighted by molar-refractivity contribution is 6.01. The fraction of sp³-hybridized carbons (Fsp3) is 0.889. The van der Waals surface area contributed by atoms with Crippen LogP contribution in [0.1, 0.15) is 209 Å². The second-order valence-electron chi connectivity index (χ2n) is 26.3. The Hall–Kier alpha value is -1.90. The third-order valence-corrected chi connectivity index (χ3v) is 17.4. The van der Waals surface area contributed by atoms with Crippen LogP contribution in [0, 0.1) is 50.2 Å². The number of unbranched alkanes of at least 4 members (excludes halogenated alkanes) is 5. The van der Waals surface area contributed by atoms with E-state index in [9.17, 15) is 15.3 Å². The van der Waals surface area contributed by atoms with Crippen molar-refractivity contribution < 1.29 is 29.6 Å². The van der Waals surface area contributed by atoms with Crippen LogP contribution in [0.2, 0.25) is 0 Å². The van der Waals surface area contributed by atoms with Crippen LogP contribution in [0.3, 0.4) is 0 Å². The van der Waals surface area contributed by atoms with Crippen molar-refractivity contribution in [1.82, 2.24) is 9.80 Å². The van der Waals surface area contributed by atoms with Gasteiger partial charge in [-0.15, -0.1) is 0 Å². The second kappa shape index (κ2) is 18.1. The maximum atomic E-state index is 15.7. The molecular formula is C54H98N2O6. The molecule has 0 aromatic heterocycles. The van der Waals surface area contributed by atoms with Gasteiger partial charge in [0.15, 0.2) is 5.41 Å². The number of likely N-dealkylation sites (tertiary alicyclic amines) is 2. The molecule has 8 nitrogen and oxygen atoms in total. The zero-order valence-electron chi connectivity index (χ0n) is 44.3. The van der Waals surface area contributed by atoms with Crippen LogP contribution in [-0.2, 0) is 14.3 Å². The molecule has 3 rings (SSSR count). The van der Waals surface area contributed by atoms with E-state index in [1.165, 1.54) is 6.42 Å². The van der Waals surface area contributed by atoms with Crippen molar-refractivity contribution >= 4 is 11.9 Å². The Morgan fingerprint density at radius 3 is 1.40 bits per heavy atom. The molecule has 2 atom stereocenters. The molecule has 2 fully saturated rings. The van der Waals surface area contributed by atoms with Gasteiger partial charge in [-0.3, -0.25) is 19.4 Å². The Labute approximate surface area is 381 Å². The minimum absolute atomic E-state index is 0.259. The van der Waals surface area contributed by atoms with Gasteiger partial charge < -0.3 is 20.1 Å². The largest absolute Gasteiger partial charge is 0.508 e. The fourth-order valence-electron chi connectivity index (χ4n) is 14.0. The van der Waals surface area contributed by atoms with E-state index < -0.39 is 78.6 Å². The summed E-state index contributed by atoms with van der Waals surface area (Å²) in [6.07, 6.45) is 10.2. The van der Waals surface area contributed by atoms with E-state index in [1.807, 2.05) is 13.8 Å². The van der Waals surface area contributed by atoms with Gasteiger partial charge in [0.05, 0.1) is 6.10 Å². The minimum atomic E-state index is -2.43. The Morgan fingerprint density at radius 2 is 1.06 bits per heavy atom. The van der Waals surface area contributed by atoms with Crippen LogP contribution in [-0.4, -0.2) is 86.0 Å². The molecule has 3 aliphatic rings. The van der Waals surface area contributed by atoms with E-state index in [2.05, 4.69) is 155 Å².